The summed E-state index contributed by atoms with van der Waals surface area (Å²) in [6.45, 7) is 5.80. The van der Waals surface area contributed by atoms with Gasteiger partial charge in [-0.05, 0) is 53.7 Å². The van der Waals surface area contributed by atoms with Crippen molar-refractivity contribution in [3.63, 3.8) is 0 Å². The summed E-state index contributed by atoms with van der Waals surface area (Å²) in [5.41, 5.74) is 1.19. The maximum absolute atomic E-state index is 6.00. The number of benzene rings is 1. The standard InChI is InChI=1S/C15H17Br2NOS/c1-3-18-10(2)13-6-4-11(16)8-14(13)19-9-12-5-7-15(17)20-12/h4-8,10,18H,3,9H2,1-2H3. The minimum absolute atomic E-state index is 0.276. The number of hydrogen-bond donors (Lipinski definition) is 1. The van der Waals surface area contributed by atoms with Crippen LogP contribution in [0.1, 0.15) is 30.3 Å². The Kier molecular flexibility index (Phi) is 6.08. The smallest absolute Gasteiger partial charge is 0.125 e. The normalized spacial score (nSPS) is 12.4. The Balaban J connectivity index is 2.14. The zero-order chi connectivity index (χ0) is 14.5. The average molecular weight is 419 g/mol. The van der Waals surface area contributed by atoms with Gasteiger partial charge in [-0.1, -0.05) is 28.9 Å². The lowest BCUT2D eigenvalue weighted by Crippen LogP contribution is -2.18. The third-order valence-corrected chi connectivity index (χ3v) is 5.04. The largest absolute Gasteiger partial charge is 0.488 e. The van der Waals surface area contributed by atoms with Gasteiger partial charge in [0, 0.05) is 21.0 Å². The topological polar surface area (TPSA) is 21.3 Å². The van der Waals surface area contributed by atoms with Crippen molar-refractivity contribution < 1.29 is 4.74 Å². The second kappa shape index (κ2) is 7.59. The van der Waals surface area contributed by atoms with E-state index in [1.807, 2.05) is 12.1 Å². The highest BCUT2D eigenvalue weighted by Gasteiger charge is 2.12. The zero-order valence-electron chi connectivity index (χ0n) is 11.5. The van der Waals surface area contributed by atoms with E-state index < -0.39 is 0 Å². The van der Waals surface area contributed by atoms with Gasteiger partial charge < -0.3 is 10.1 Å². The average Bonchev–Trinajstić information content (AvgIpc) is 2.82. The van der Waals surface area contributed by atoms with Gasteiger partial charge in [-0.3, -0.25) is 0 Å². The van der Waals surface area contributed by atoms with Gasteiger partial charge in [0.05, 0.1) is 3.79 Å². The van der Waals surface area contributed by atoms with Crippen molar-refractivity contribution in [2.24, 2.45) is 0 Å². The van der Waals surface area contributed by atoms with Crippen LogP contribution in [0.15, 0.2) is 38.6 Å². The molecule has 1 heterocycles. The van der Waals surface area contributed by atoms with Gasteiger partial charge in [-0.2, -0.15) is 0 Å². The van der Waals surface area contributed by atoms with E-state index in [9.17, 15) is 0 Å². The maximum atomic E-state index is 6.00. The first kappa shape index (κ1) is 16.0. The van der Waals surface area contributed by atoms with E-state index in [-0.39, 0.29) is 6.04 Å². The van der Waals surface area contributed by atoms with E-state index >= 15 is 0 Å². The molecule has 1 aromatic carbocycles. The predicted molar refractivity (Wildman–Crippen MR) is 92.6 cm³/mol. The molecule has 20 heavy (non-hydrogen) atoms. The minimum atomic E-state index is 0.276. The molecule has 108 valence electrons. The van der Waals surface area contributed by atoms with Gasteiger partial charge in [0.2, 0.25) is 0 Å². The molecule has 0 saturated heterocycles. The van der Waals surface area contributed by atoms with E-state index in [1.165, 1.54) is 10.4 Å². The quantitative estimate of drug-likeness (QED) is 0.666. The van der Waals surface area contributed by atoms with Crippen molar-refractivity contribution in [3.8, 4) is 5.75 Å². The van der Waals surface area contributed by atoms with Crippen LogP contribution in [0.3, 0.4) is 0 Å². The fourth-order valence-electron chi connectivity index (χ4n) is 1.99. The summed E-state index contributed by atoms with van der Waals surface area (Å²) < 4.78 is 8.17. The van der Waals surface area contributed by atoms with Gasteiger partial charge in [0.15, 0.2) is 0 Å². The molecule has 1 aromatic heterocycles. The van der Waals surface area contributed by atoms with Crippen LogP contribution < -0.4 is 10.1 Å². The minimum Gasteiger partial charge on any atom is -0.488 e. The molecule has 0 amide bonds. The summed E-state index contributed by atoms with van der Waals surface area (Å²) in [4.78, 5) is 1.21. The molecule has 0 spiro atoms. The highest BCUT2D eigenvalue weighted by Crippen LogP contribution is 2.30. The number of halogens is 2. The molecule has 0 fully saturated rings. The summed E-state index contributed by atoms with van der Waals surface area (Å²) in [5.74, 6) is 0.928. The summed E-state index contributed by atoms with van der Waals surface area (Å²) in [7, 11) is 0. The first-order chi connectivity index (χ1) is 9.60. The molecule has 5 heteroatoms. The molecule has 2 aromatic rings. The predicted octanol–water partition coefficient (Wildman–Crippen LogP) is 5.52. The van der Waals surface area contributed by atoms with Crippen LogP contribution >= 0.6 is 43.2 Å². The van der Waals surface area contributed by atoms with Gasteiger partial charge >= 0.3 is 0 Å². The molecule has 2 nitrogen and oxygen atoms in total. The Morgan fingerprint density at radius 1 is 1.25 bits per heavy atom. The molecule has 0 saturated carbocycles. The molecule has 1 atom stereocenters. The highest BCUT2D eigenvalue weighted by atomic mass is 79.9. The third-order valence-electron chi connectivity index (χ3n) is 2.95. The fourth-order valence-corrected chi connectivity index (χ4v) is 3.72. The van der Waals surface area contributed by atoms with Gasteiger partial charge in [-0.15, -0.1) is 11.3 Å². The second-order valence-corrected chi connectivity index (χ2v) is 7.92. The SMILES string of the molecule is CCNC(C)c1ccc(Br)cc1OCc1ccc(Br)s1. The van der Waals surface area contributed by atoms with Crippen molar-refractivity contribution in [1.29, 1.82) is 0 Å². The summed E-state index contributed by atoms with van der Waals surface area (Å²) in [6.07, 6.45) is 0. The highest BCUT2D eigenvalue weighted by molar-refractivity contribution is 9.11. The summed E-state index contributed by atoms with van der Waals surface area (Å²) in [5, 5.41) is 3.42. The van der Waals surface area contributed by atoms with Crippen molar-refractivity contribution in [2.45, 2.75) is 26.5 Å². The van der Waals surface area contributed by atoms with Gasteiger partial charge in [0.25, 0.3) is 0 Å². The van der Waals surface area contributed by atoms with Crippen LogP contribution in [0.4, 0.5) is 0 Å². The number of nitrogens with one attached hydrogen (secondary N) is 1. The summed E-state index contributed by atoms with van der Waals surface area (Å²) >= 11 is 8.68. The number of thiophene rings is 1. The van der Waals surface area contributed by atoms with Crippen molar-refractivity contribution >= 4 is 43.2 Å². The van der Waals surface area contributed by atoms with Crippen molar-refractivity contribution in [3.05, 3.63) is 49.0 Å². The van der Waals surface area contributed by atoms with E-state index in [4.69, 9.17) is 4.74 Å². The van der Waals surface area contributed by atoms with Crippen molar-refractivity contribution in [1.82, 2.24) is 5.32 Å². The zero-order valence-corrected chi connectivity index (χ0v) is 15.4. The van der Waals surface area contributed by atoms with Crippen LogP contribution in [-0.2, 0) is 6.61 Å². The lowest BCUT2D eigenvalue weighted by atomic mass is 10.1. The van der Waals surface area contributed by atoms with E-state index in [0.29, 0.717) is 6.61 Å². The number of rotatable bonds is 6. The third kappa shape index (κ3) is 4.32. The fraction of sp³-hybridized carbons (Fsp3) is 0.333. The lowest BCUT2D eigenvalue weighted by Gasteiger charge is -2.17. The Hall–Kier alpha value is -0.360. The molecule has 0 aliphatic heterocycles. The molecule has 0 bridgehead atoms. The second-order valence-electron chi connectivity index (χ2n) is 4.46. The first-order valence-corrected chi connectivity index (χ1v) is 8.90. The molecule has 2 rings (SSSR count). The molecule has 1 unspecified atom stereocenters. The van der Waals surface area contributed by atoms with Gasteiger partial charge in [-0.25, -0.2) is 0 Å². The molecule has 1 N–H and O–H groups in total. The van der Waals surface area contributed by atoms with Crippen LogP contribution in [0.25, 0.3) is 0 Å². The van der Waals surface area contributed by atoms with Crippen LogP contribution in [-0.4, -0.2) is 6.54 Å². The Labute approximate surface area is 140 Å². The molecular formula is C15H17Br2NOS. The van der Waals surface area contributed by atoms with Crippen LogP contribution in [0.5, 0.6) is 5.75 Å². The monoisotopic (exact) mass is 417 g/mol. The Morgan fingerprint density at radius 3 is 2.70 bits per heavy atom. The molecule has 0 aliphatic carbocycles. The number of ether oxygens (including phenoxy) is 1. The van der Waals surface area contributed by atoms with Crippen LogP contribution in [0.2, 0.25) is 0 Å². The first-order valence-electron chi connectivity index (χ1n) is 6.50. The van der Waals surface area contributed by atoms with E-state index in [1.54, 1.807) is 11.3 Å². The van der Waals surface area contributed by atoms with Crippen LogP contribution in [0, 0.1) is 0 Å². The number of hydrogen-bond acceptors (Lipinski definition) is 3. The Morgan fingerprint density at radius 2 is 2.05 bits per heavy atom. The van der Waals surface area contributed by atoms with E-state index in [0.717, 1.165) is 20.6 Å². The van der Waals surface area contributed by atoms with E-state index in [2.05, 4.69) is 69.2 Å². The summed E-state index contributed by atoms with van der Waals surface area (Å²) in [6, 6.07) is 10.6. The maximum Gasteiger partial charge on any atom is 0.125 e. The van der Waals surface area contributed by atoms with Gasteiger partial charge in [0.1, 0.15) is 12.4 Å². The molecule has 0 radical (unpaired) electrons. The molecule has 0 aliphatic rings. The Bertz CT molecular complexity index is 571. The molecular weight excluding hydrogens is 402 g/mol. The lowest BCUT2D eigenvalue weighted by molar-refractivity contribution is 0.303. The van der Waals surface area contributed by atoms with Crippen molar-refractivity contribution in [2.75, 3.05) is 6.54 Å².